The van der Waals surface area contributed by atoms with Gasteiger partial charge in [-0.1, -0.05) is 32.0 Å². The van der Waals surface area contributed by atoms with Crippen LogP contribution in [0.1, 0.15) is 45.1 Å². The first-order valence-electron chi connectivity index (χ1n) is 8.28. The maximum absolute atomic E-state index is 12.4. The maximum Gasteiger partial charge on any atom is 0.227 e. The molecule has 2 N–H and O–H groups in total. The summed E-state index contributed by atoms with van der Waals surface area (Å²) in [5.74, 6) is -0.177. The van der Waals surface area contributed by atoms with Crippen molar-refractivity contribution in [1.82, 2.24) is 5.32 Å². The Morgan fingerprint density at radius 3 is 2.74 bits per heavy atom. The molecule has 2 amide bonds. The lowest BCUT2D eigenvalue weighted by molar-refractivity contribution is -0.127. The number of amides is 2. The number of carbonyl (C=O) groups excluding carboxylic acids is 2. The van der Waals surface area contributed by atoms with E-state index in [1.54, 1.807) is 11.8 Å². The van der Waals surface area contributed by atoms with Gasteiger partial charge in [-0.25, -0.2) is 0 Å². The Bertz CT molecular complexity index is 573. The molecule has 0 saturated carbocycles. The van der Waals surface area contributed by atoms with Crippen molar-refractivity contribution in [2.75, 3.05) is 18.1 Å². The van der Waals surface area contributed by atoms with Gasteiger partial charge in [-0.2, -0.15) is 0 Å². The molecule has 0 aliphatic carbocycles. The van der Waals surface area contributed by atoms with Crippen molar-refractivity contribution >= 4 is 17.5 Å². The number of rotatable bonds is 6. The number of nitrogens with one attached hydrogen (secondary N) is 1. The van der Waals surface area contributed by atoms with Crippen LogP contribution < -0.4 is 10.2 Å². The maximum atomic E-state index is 12.4. The third-order valence-corrected chi connectivity index (χ3v) is 4.53. The minimum atomic E-state index is -0.360. The number of anilines is 1. The fourth-order valence-corrected chi connectivity index (χ4v) is 2.89. The van der Waals surface area contributed by atoms with Gasteiger partial charge in [-0.15, -0.1) is 0 Å². The third kappa shape index (κ3) is 3.91. The van der Waals surface area contributed by atoms with E-state index in [1.807, 2.05) is 18.2 Å². The number of hydrogen-bond donors (Lipinski definition) is 2. The molecule has 0 radical (unpaired) electrons. The summed E-state index contributed by atoms with van der Waals surface area (Å²) in [6.07, 6.45) is 1.22. The van der Waals surface area contributed by atoms with Crippen LogP contribution >= 0.6 is 0 Å². The topological polar surface area (TPSA) is 69.6 Å². The van der Waals surface area contributed by atoms with E-state index in [0.29, 0.717) is 12.5 Å². The number of nitrogens with zero attached hydrogens (tertiary/aromatic N) is 1. The molecule has 1 aliphatic rings. The van der Waals surface area contributed by atoms with E-state index in [9.17, 15) is 9.59 Å². The summed E-state index contributed by atoms with van der Waals surface area (Å²) in [5, 5.41) is 11.8. The summed E-state index contributed by atoms with van der Waals surface area (Å²) < 4.78 is 0. The molecule has 126 valence electrons. The average molecular weight is 318 g/mol. The van der Waals surface area contributed by atoms with Crippen molar-refractivity contribution in [3.05, 3.63) is 29.8 Å². The van der Waals surface area contributed by atoms with Crippen molar-refractivity contribution in [3.63, 3.8) is 0 Å². The van der Waals surface area contributed by atoms with Gasteiger partial charge in [0.15, 0.2) is 0 Å². The van der Waals surface area contributed by atoms with E-state index in [2.05, 4.69) is 25.2 Å². The standard InChI is InChI=1S/C18H26N2O3/c1-4-12(2)15-7-5-6-8-16(15)20-10-14(9-17(20)22)18(23)19-13(3)11-21/h5-8,12-14,21H,4,9-11H2,1-3H3,(H,19,23). The molecule has 1 fully saturated rings. The van der Waals surface area contributed by atoms with Gasteiger partial charge in [0.25, 0.3) is 0 Å². The largest absolute Gasteiger partial charge is 0.394 e. The average Bonchev–Trinajstić information content (AvgIpc) is 2.95. The number of aliphatic hydroxyl groups is 1. The van der Waals surface area contributed by atoms with Gasteiger partial charge in [0.2, 0.25) is 11.8 Å². The Labute approximate surface area is 137 Å². The van der Waals surface area contributed by atoms with Crippen molar-refractivity contribution < 1.29 is 14.7 Å². The van der Waals surface area contributed by atoms with Crippen LogP contribution in [0.5, 0.6) is 0 Å². The van der Waals surface area contributed by atoms with Gasteiger partial charge in [-0.3, -0.25) is 9.59 Å². The molecule has 2 rings (SSSR count). The van der Waals surface area contributed by atoms with Gasteiger partial charge in [0, 0.05) is 24.7 Å². The van der Waals surface area contributed by atoms with Crippen LogP contribution in [0.25, 0.3) is 0 Å². The van der Waals surface area contributed by atoms with Gasteiger partial charge in [-0.05, 0) is 30.9 Å². The van der Waals surface area contributed by atoms with Crippen molar-refractivity contribution in [2.45, 2.75) is 45.6 Å². The number of benzene rings is 1. The zero-order valence-electron chi connectivity index (χ0n) is 14.1. The molecular weight excluding hydrogens is 292 g/mol. The van der Waals surface area contributed by atoms with E-state index >= 15 is 0 Å². The van der Waals surface area contributed by atoms with Crippen LogP contribution in [-0.2, 0) is 9.59 Å². The Morgan fingerprint density at radius 2 is 2.09 bits per heavy atom. The fourth-order valence-electron chi connectivity index (χ4n) is 2.89. The molecule has 3 atom stereocenters. The molecule has 1 saturated heterocycles. The lowest BCUT2D eigenvalue weighted by Crippen LogP contribution is -2.40. The molecule has 5 nitrogen and oxygen atoms in total. The highest BCUT2D eigenvalue weighted by molar-refractivity contribution is 6.00. The minimum Gasteiger partial charge on any atom is -0.394 e. The molecular formula is C18H26N2O3. The van der Waals surface area contributed by atoms with Crippen molar-refractivity contribution in [1.29, 1.82) is 0 Å². The van der Waals surface area contributed by atoms with E-state index < -0.39 is 0 Å². The highest BCUT2D eigenvalue weighted by Crippen LogP contribution is 2.33. The summed E-state index contributed by atoms with van der Waals surface area (Å²) in [5.41, 5.74) is 2.06. The van der Waals surface area contributed by atoms with Crippen molar-refractivity contribution in [2.24, 2.45) is 5.92 Å². The number of carbonyl (C=O) groups is 2. The normalized spacial score (nSPS) is 20.4. The highest BCUT2D eigenvalue weighted by Gasteiger charge is 2.36. The predicted octanol–water partition coefficient (Wildman–Crippen LogP) is 2.05. The second kappa shape index (κ2) is 7.59. The van der Waals surface area contributed by atoms with E-state index in [-0.39, 0.29) is 36.8 Å². The van der Waals surface area contributed by atoms with Crippen LogP contribution in [0.15, 0.2) is 24.3 Å². The number of aliphatic hydroxyl groups excluding tert-OH is 1. The second-order valence-electron chi connectivity index (χ2n) is 6.37. The molecule has 0 aromatic heterocycles. The summed E-state index contributed by atoms with van der Waals surface area (Å²) in [4.78, 5) is 26.3. The lowest BCUT2D eigenvalue weighted by atomic mass is 9.96. The SMILES string of the molecule is CCC(C)c1ccccc1N1CC(C(=O)NC(C)CO)CC1=O. The molecule has 0 spiro atoms. The summed E-state index contributed by atoms with van der Waals surface area (Å²) in [6.45, 7) is 6.31. The Balaban J connectivity index is 2.17. The zero-order valence-corrected chi connectivity index (χ0v) is 14.1. The number of hydrogen-bond acceptors (Lipinski definition) is 3. The van der Waals surface area contributed by atoms with Gasteiger partial charge in [0.1, 0.15) is 0 Å². The molecule has 0 bridgehead atoms. The second-order valence-corrected chi connectivity index (χ2v) is 6.37. The Hall–Kier alpha value is -1.88. The van der Waals surface area contributed by atoms with E-state index in [4.69, 9.17) is 5.11 Å². The summed E-state index contributed by atoms with van der Waals surface area (Å²) >= 11 is 0. The first-order valence-corrected chi connectivity index (χ1v) is 8.28. The zero-order chi connectivity index (χ0) is 17.0. The summed E-state index contributed by atoms with van der Waals surface area (Å²) in [7, 11) is 0. The third-order valence-electron chi connectivity index (χ3n) is 4.53. The Morgan fingerprint density at radius 1 is 1.39 bits per heavy atom. The molecule has 1 heterocycles. The van der Waals surface area contributed by atoms with E-state index in [1.165, 1.54) is 0 Å². The number of para-hydroxylation sites is 1. The Kier molecular flexibility index (Phi) is 5.77. The van der Waals surface area contributed by atoms with E-state index in [0.717, 1.165) is 17.7 Å². The first kappa shape index (κ1) is 17.5. The van der Waals surface area contributed by atoms with Crippen LogP contribution in [-0.4, -0.2) is 36.1 Å². The molecule has 1 aromatic carbocycles. The van der Waals surface area contributed by atoms with Crippen LogP contribution in [0.4, 0.5) is 5.69 Å². The predicted molar refractivity (Wildman–Crippen MR) is 90.3 cm³/mol. The van der Waals surface area contributed by atoms with Crippen LogP contribution in [0.2, 0.25) is 0 Å². The van der Waals surface area contributed by atoms with Crippen LogP contribution in [0, 0.1) is 5.92 Å². The minimum absolute atomic E-state index is 0.0162. The van der Waals surface area contributed by atoms with Gasteiger partial charge < -0.3 is 15.3 Å². The highest BCUT2D eigenvalue weighted by atomic mass is 16.3. The fraction of sp³-hybridized carbons (Fsp3) is 0.556. The van der Waals surface area contributed by atoms with Crippen LogP contribution in [0.3, 0.4) is 0 Å². The summed E-state index contributed by atoms with van der Waals surface area (Å²) in [6, 6.07) is 7.63. The molecule has 3 unspecified atom stereocenters. The molecule has 23 heavy (non-hydrogen) atoms. The quantitative estimate of drug-likeness (QED) is 0.843. The van der Waals surface area contributed by atoms with Gasteiger partial charge in [0.05, 0.1) is 12.5 Å². The van der Waals surface area contributed by atoms with Gasteiger partial charge >= 0.3 is 0 Å². The van der Waals surface area contributed by atoms with Crippen molar-refractivity contribution in [3.8, 4) is 0 Å². The lowest BCUT2D eigenvalue weighted by Gasteiger charge is -2.23. The molecule has 5 heteroatoms. The molecule has 1 aromatic rings. The monoisotopic (exact) mass is 318 g/mol. The smallest absolute Gasteiger partial charge is 0.227 e. The first-order chi connectivity index (χ1) is 11.0. The molecule has 1 aliphatic heterocycles.